The first-order chi connectivity index (χ1) is 8.25. The number of nitrogens with two attached hydrogens (primary N) is 1. The van der Waals surface area contributed by atoms with Crippen molar-refractivity contribution in [1.29, 1.82) is 0 Å². The lowest BCUT2D eigenvalue weighted by atomic mass is 9.85. The molecule has 6 nitrogen and oxygen atoms in total. The maximum atomic E-state index is 12.3. The zero-order chi connectivity index (χ0) is 11.8. The van der Waals surface area contributed by atoms with E-state index in [0.29, 0.717) is 12.0 Å². The summed E-state index contributed by atoms with van der Waals surface area (Å²) in [6, 6.07) is 0.405. The van der Waals surface area contributed by atoms with E-state index in [2.05, 4.69) is 15.2 Å². The molecule has 1 aliphatic carbocycles. The Morgan fingerprint density at radius 1 is 1.35 bits per heavy atom. The van der Waals surface area contributed by atoms with Gasteiger partial charge >= 0.3 is 0 Å². The molecule has 3 N–H and O–H groups in total. The van der Waals surface area contributed by atoms with Crippen molar-refractivity contribution in [1.82, 2.24) is 20.1 Å². The van der Waals surface area contributed by atoms with Crippen LogP contribution in [-0.2, 0) is 0 Å². The van der Waals surface area contributed by atoms with E-state index in [0.717, 1.165) is 19.4 Å². The molecule has 0 spiro atoms. The first kappa shape index (κ1) is 10.6. The number of H-pyrrole nitrogens is 1. The number of likely N-dealkylation sites (tertiary alicyclic amines) is 1. The number of hydrogen-bond donors (Lipinski definition) is 2. The van der Waals surface area contributed by atoms with Gasteiger partial charge in [0.15, 0.2) is 0 Å². The highest BCUT2D eigenvalue weighted by Gasteiger charge is 2.39. The van der Waals surface area contributed by atoms with Gasteiger partial charge in [-0.25, -0.2) is 0 Å². The molecule has 6 heteroatoms. The Hall–Kier alpha value is -1.59. The number of fused-ring (bicyclic) bond motifs is 1. The number of nitrogens with one attached hydrogen (secondary N) is 1. The van der Waals surface area contributed by atoms with Crippen molar-refractivity contribution in [3.8, 4) is 0 Å². The predicted molar refractivity (Wildman–Crippen MR) is 62.2 cm³/mol. The Morgan fingerprint density at radius 3 is 2.94 bits per heavy atom. The fraction of sp³-hybridized carbons (Fsp3) is 0.727. The summed E-state index contributed by atoms with van der Waals surface area (Å²) in [5.74, 6) is 1.04. The summed E-state index contributed by atoms with van der Waals surface area (Å²) in [5, 5.41) is 6.31. The van der Waals surface area contributed by atoms with Crippen molar-refractivity contribution in [3.05, 3.63) is 5.82 Å². The average Bonchev–Trinajstić information content (AvgIpc) is 2.94. The fourth-order valence-corrected chi connectivity index (χ4v) is 3.16. The lowest BCUT2D eigenvalue weighted by Crippen LogP contribution is -2.39. The summed E-state index contributed by atoms with van der Waals surface area (Å²) in [6.45, 7) is 0.842. The summed E-state index contributed by atoms with van der Waals surface area (Å²) < 4.78 is 0. The molecule has 17 heavy (non-hydrogen) atoms. The van der Waals surface area contributed by atoms with Gasteiger partial charge in [-0.05, 0) is 25.2 Å². The first-order valence-corrected chi connectivity index (χ1v) is 6.24. The van der Waals surface area contributed by atoms with E-state index in [1.165, 1.54) is 19.3 Å². The highest BCUT2D eigenvalue weighted by Crippen LogP contribution is 2.36. The van der Waals surface area contributed by atoms with Crippen molar-refractivity contribution in [2.45, 2.75) is 38.1 Å². The van der Waals surface area contributed by atoms with E-state index in [4.69, 9.17) is 5.73 Å². The van der Waals surface area contributed by atoms with Crippen molar-refractivity contribution in [2.24, 2.45) is 5.92 Å². The van der Waals surface area contributed by atoms with Crippen LogP contribution in [-0.4, -0.2) is 38.6 Å². The first-order valence-electron chi connectivity index (χ1n) is 6.24. The quantitative estimate of drug-likeness (QED) is 0.753. The Labute approximate surface area is 99.6 Å². The van der Waals surface area contributed by atoms with Gasteiger partial charge in [0.25, 0.3) is 5.91 Å². The lowest BCUT2D eigenvalue weighted by Gasteiger charge is -2.31. The minimum Gasteiger partial charge on any atom is -0.366 e. The highest BCUT2D eigenvalue weighted by molar-refractivity contribution is 5.91. The Bertz CT molecular complexity index is 429. The van der Waals surface area contributed by atoms with Crippen LogP contribution >= 0.6 is 0 Å². The van der Waals surface area contributed by atoms with Crippen molar-refractivity contribution >= 4 is 11.9 Å². The molecule has 2 atom stereocenters. The molecule has 1 saturated carbocycles. The van der Waals surface area contributed by atoms with E-state index in [9.17, 15) is 4.79 Å². The second-order valence-corrected chi connectivity index (χ2v) is 4.94. The molecule has 1 amide bonds. The monoisotopic (exact) mass is 235 g/mol. The van der Waals surface area contributed by atoms with Crippen LogP contribution in [0.1, 0.15) is 42.7 Å². The van der Waals surface area contributed by atoms with Gasteiger partial charge in [-0.3, -0.25) is 9.89 Å². The predicted octanol–water partition coefficient (Wildman–Crippen LogP) is 0.792. The van der Waals surface area contributed by atoms with E-state index >= 15 is 0 Å². The van der Waals surface area contributed by atoms with E-state index in [-0.39, 0.29) is 17.7 Å². The molecule has 2 unspecified atom stereocenters. The minimum absolute atomic E-state index is 0.0522. The average molecular weight is 235 g/mol. The van der Waals surface area contributed by atoms with Crippen LogP contribution in [0.25, 0.3) is 0 Å². The van der Waals surface area contributed by atoms with Crippen LogP contribution in [0.5, 0.6) is 0 Å². The number of nitrogens with zero attached hydrogens (tertiary/aromatic N) is 3. The van der Waals surface area contributed by atoms with Crippen molar-refractivity contribution in [3.63, 3.8) is 0 Å². The summed E-state index contributed by atoms with van der Waals surface area (Å²) >= 11 is 0. The number of carbonyl (C=O) groups is 1. The second kappa shape index (κ2) is 4.01. The molecule has 1 aromatic rings. The van der Waals surface area contributed by atoms with Crippen LogP contribution in [0, 0.1) is 5.92 Å². The number of amides is 1. The zero-order valence-corrected chi connectivity index (χ0v) is 9.72. The molecule has 2 aliphatic rings. The van der Waals surface area contributed by atoms with Crippen molar-refractivity contribution < 1.29 is 4.79 Å². The molecular formula is C11H17N5O. The molecule has 92 valence electrons. The maximum absolute atomic E-state index is 12.3. The van der Waals surface area contributed by atoms with Crippen LogP contribution in [0.15, 0.2) is 0 Å². The number of nitrogen functional groups attached to an aromatic ring is 1. The van der Waals surface area contributed by atoms with Gasteiger partial charge in [0.1, 0.15) is 0 Å². The summed E-state index contributed by atoms with van der Waals surface area (Å²) in [5.41, 5.74) is 5.42. The zero-order valence-electron chi connectivity index (χ0n) is 9.72. The van der Waals surface area contributed by atoms with Gasteiger partial charge in [-0.1, -0.05) is 12.8 Å². The fourth-order valence-electron chi connectivity index (χ4n) is 3.16. The van der Waals surface area contributed by atoms with E-state index < -0.39 is 0 Å². The molecule has 0 aromatic carbocycles. The van der Waals surface area contributed by atoms with Crippen LogP contribution in [0.4, 0.5) is 5.95 Å². The SMILES string of the molecule is Nc1n[nH]c(C(=O)N2CCC3CCCCC32)n1. The summed E-state index contributed by atoms with van der Waals surface area (Å²) in [7, 11) is 0. The molecule has 0 radical (unpaired) electrons. The topological polar surface area (TPSA) is 87.9 Å². The number of aromatic nitrogens is 3. The van der Waals surface area contributed by atoms with Gasteiger partial charge in [-0.2, -0.15) is 4.98 Å². The summed E-state index contributed by atoms with van der Waals surface area (Å²) in [4.78, 5) is 18.1. The third kappa shape index (κ3) is 1.77. The molecule has 2 heterocycles. The largest absolute Gasteiger partial charge is 0.366 e. The maximum Gasteiger partial charge on any atom is 0.291 e. The Balaban J connectivity index is 1.78. The number of rotatable bonds is 1. The molecule has 1 aliphatic heterocycles. The minimum atomic E-state index is -0.0522. The molecule has 2 fully saturated rings. The molecule has 0 bridgehead atoms. The van der Waals surface area contributed by atoms with Gasteiger partial charge < -0.3 is 10.6 Å². The number of carbonyl (C=O) groups excluding carboxylic acids is 1. The molecule has 1 aromatic heterocycles. The van der Waals surface area contributed by atoms with E-state index in [1.807, 2.05) is 4.90 Å². The van der Waals surface area contributed by atoms with Crippen LogP contribution in [0.3, 0.4) is 0 Å². The third-order valence-electron chi connectivity index (χ3n) is 3.98. The number of hydrogen-bond acceptors (Lipinski definition) is 4. The Morgan fingerprint density at radius 2 is 2.18 bits per heavy atom. The summed E-state index contributed by atoms with van der Waals surface area (Å²) in [6.07, 6.45) is 6.04. The lowest BCUT2D eigenvalue weighted by molar-refractivity contribution is 0.0678. The smallest absolute Gasteiger partial charge is 0.291 e. The molecular weight excluding hydrogens is 218 g/mol. The highest BCUT2D eigenvalue weighted by atomic mass is 16.2. The van der Waals surface area contributed by atoms with Gasteiger partial charge in [0.2, 0.25) is 11.8 Å². The second-order valence-electron chi connectivity index (χ2n) is 4.94. The van der Waals surface area contributed by atoms with Crippen LogP contribution in [0.2, 0.25) is 0 Å². The normalized spacial score (nSPS) is 28.1. The molecule has 1 saturated heterocycles. The number of aromatic amines is 1. The van der Waals surface area contributed by atoms with Gasteiger partial charge in [0, 0.05) is 12.6 Å². The van der Waals surface area contributed by atoms with Gasteiger partial charge in [-0.15, -0.1) is 5.10 Å². The van der Waals surface area contributed by atoms with E-state index in [1.54, 1.807) is 0 Å². The standard InChI is InChI=1S/C11H17N5O/c12-11-13-9(14-15-11)10(17)16-6-5-7-3-1-2-4-8(7)16/h7-8H,1-6H2,(H3,12,13,14,15). The Kier molecular flexibility index (Phi) is 2.49. The third-order valence-corrected chi connectivity index (χ3v) is 3.98. The number of anilines is 1. The van der Waals surface area contributed by atoms with Crippen LogP contribution < -0.4 is 5.73 Å². The van der Waals surface area contributed by atoms with Gasteiger partial charge in [0.05, 0.1) is 0 Å². The van der Waals surface area contributed by atoms with Crippen molar-refractivity contribution in [2.75, 3.05) is 12.3 Å². The molecule has 3 rings (SSSR count).